The second kappa shape index (κ2) is 8.42. The lowest BCUT2D eigenvalue weighted by Crippen LogP contribution is -2.32. The van der Waals surface area contributed by atoms with E-state index in [1.54, 1.807) is 4.68 Å². The van der Waals surface area contributed by atoms with Gasteiger partial charge in [0, 0.05) is 29.1 Å². The molecule has 0 atom stereocenters. The summed E-state index contributed by atoms with van der Waals surface area (Å²) in [5.41, 5.74) is 2.40. The molecule has 4 aromatic rings. The minimum Gasteiger partial charge on any atom is -0.325 e. The van der Waals surface area contributed by atoms with Gasteiger partial charge in [-0.3, -0.25) is 9.59 Å². The summed E-state index contributed by atoms with van der Waals surface area (Å²) >= 11 is 10.1. The Morgan fingerprint density at radius 2 is 1.67 bits per heavy atom. The van der Waals surface area contributed by atoms with Crippen LogP contribution < -0.4 is 0 Å². The minimum absolute atomic E-state index is 0.00527. The highest BCUT2D eigenvalue weighted by Gasteiger charge is 2.34. The van der Waals surface area contributed by atoms with Crippen LogP contribution in [0.5, 0.6) is 0 Å². The van der Waals surface area contributed by atoms with Gasteiger partial charge in [-0.05, 0) is 24.3 Å². The number of aromatic nitrogens is 3. The fourth-order valence-corrected chi connectivity index (χ4v) is 4.10. The van der Waals surface area contributed by atoms with E-state index in [0.29, 0.717) is 21.8 Å². The molecule has 1 aliphatic heterocycles. The number of para-hydroxylation sites is 1. The summed E-state index contributed by atoms with van der Waals surface area (Å²) in [6, 6.07) is 16.9. The number of rotatable bonds is 4. The van der Waals surface area contributed by atoms with Gasteiger partial charge in [-0.2, -0.15) is 5.10 Å². The number of hydroxylamine groups is 2. The van der Waals surface area contributed by atoms with Crippen molar-refractivity contribution in [2.75, 3.05) is 0 Å². The second-order valence-corrected chi connectivity index (χ2v) is 8.54. The SMILES string of the molecule is O=C(ON1C(=O)CCC1=O)c1cnc2c(c(-c3ccc(Br)cc3)nn2-c2ccccc2)c1Cl. The van der Waals surface area contributed by atoms with Crippen molar-refractivity contribution in [1.29, 1.82) is 0 Å². The maximum atomic E-state index is 12.8. The maximum Gasteiger partial charge on any atom is 0.367 e. The first-order valence-corrected chi connectivity index (χ1v) is 11.1. The Hall–Kier alpha value is -3.56. The highest BCUT2D eigenvalue weighted by atomic mass is 79.9. The molecule has 0 unspecified atom stereocenters. The Labute approximate surface area is 200 Å². The van der Waals surface area contributed by atoms with Crippen LogP contribution in [0.4, 0.5) is 0 Å². The van der Waals surface area contributed by atoms with Crippen LogP contribution in [-0.4, -0.2) is 37.6 Å². The van der Waals surface area contributed by atoms with Crippen LogP contribution in [0.2, 0.25) is 5.02 Å². The largest absolute Gasteiger partial charge is 0.367 e. The van der Waals surface area contributed by atoms with Gasteiger partial charge >= 0.3 is 5.97 Å². The van der Waals surface area contributed by atoms with Crippen LogP contribution in [-0.2, 0) is 14.4 Å². The molecule has 8 nitrogen and oxygen atoms in total. The van der Waals surface area contributed by atoms with E-state index in [-0.39, 0.29) is 23.4 Å². The number of carbonyl (C=O) groups excluding carboxylic acids is 3. The number of carbonyl (C=O) groups is 3. The molecular weight excluding hydrogens is 512 g/mol. The molecule has 5 rings (SSSR count). The van der Waals surface area contributed by atoms with Crippen molar-refractivity contribution in [1.82, 2.24) is 19.8 Å². The Kier molecular flexibility index (Phi) is 5.43. The molecule has 0 bridgehead atoms. The molecule has 2 aromatic carbocycles. The number of amides is 2. The summed E-state index contributed by atoms with van der Waals surface area (Å²) in [7, 11) is 0. The summed E-state index contributed by atoms with van der Waals surface area (Å²) in [5, 5.41) is 5.71. The lowest BCUT2D eigenvalue weighted by molar-refractivity contribution is -0.172. The van der Waals surface area contributed by atoms with Gasteiger partial charge in [0.05, 0.1) is 21.7 Å². The number of halogens is 2. The number of hydrogen-bond donors (Lipinski definition) is 0. The van der Waals surface area contributed by atoms with Crippen LogP contribution in [0.25, 0.3) is 28.0 Å². The smallest absolute Gasteiger partial charge is 0.325 e. The predicted molar refractivity (Wildman–Crippen MR) is 124 cm³/mol. The summed E-state index contributed by atoms with van der Waals surface area (Å²) in [4.78, 5) is 45.9. The van der Waals surface area contributed by atoms with Crippen LogP contribution in [0.15, 0.2) is 65.3 Å². The van der Waals surface area contributed by atoms with Gasteiger partial charge in [-0.1, -0.05) is 57.9 Å². The number of fused-ring (bicyclic) bond motifs is 1. The van der Waals surface area contributed by atoms with Gasteiger partial charge in [-0.25, -0.2) is 14.5 Å². The van der Waals surface area contributed by atoms with Gasteiger partial charge in [0.15, 0.2) is 5.65 Å². The average Bonchev–Trinajstić information content (AvgIpc) is 3.36. The van der Waals surface area contributed by atoms with Crippen molar-refractivity contribution < 1.29 is 19.2 Å². The summed E-state index contributed by atoms with van der Waals surface area (Å²) in [6.07, 6.45) is 1.24. The average molecular weight is 526 g/mol. The van der Waals surface area contributed by atoms with Gasteiger partial charge in [0.1, 0.15) is 5.69 Å². The molecule has 1 fully saturated rings. The highest BCUT2D eigenvalue weighted by molar-refractivity contribution is 9.10. The molecule has 0 spiro atoms. The summed E-state index contributed by atoms with van der Waals surface area (Å²) < 4.78 is 2.53. The van der Waals surface area contributed by atoms with Crippen molar-refractivity contribution in [2.24, 2.45) is 0 Å². The second-order valence-electron chi connectivity index (χ2n) is 7.25. The number of pyridine rings is 1. The van der Waals surface area contributed by atoms with E-state index in [1.165, 1.54) is 6.20 Å². The number of imide groups is 1. The third kappa shape index (κ3) is 3.79. The van der Waals surface area contributed by atoms with Crippen LogP contribution in [0.3, 0.4) is 0 Å². The summed E-state index contributed by atoms with van der Waals surface area (Å²) in [6.45, 7) is 0. The van der Waals surface area contributed by atoms with Gasteiger partial charge in [-0.15, -0.1) is 5.06 Å². The van der Waals surface area contributed by atoms with E-state index >= 15 is 0 Å². The normalized spacial score (nSPS) is 13.7. The molecule has 0 N–H and O–H groups in total. The fraction of sp³-hybridized carbons (Fsp3) is 0.0870. The van der Waals surface area contributed by atoms with Crippen molar-refractivity contribution in [3.63, 3.8) is 0 Å². The van der Waals surface area contributed by atoms with Crippen LogP contribution in [0.1, 0.15) is 23.2 Å². The molecule has 0 radical (unpaired) electrons. The zero-order valence-corrected chi connectivity index (χ0v) is 19.2. The van der Waals surface area contributed by atoms with E-state index in [0.717, 1.165) is 15.7 Å². The fourth-order valence-electron chi connectivity index (χ4n) is 3.54. The zero-order valence-electron chi connectivity index (χ0n) is 16.9. The van der Waals surface area contributed by atoms with Gasteiger partial charge < -0.3 is 4.84 Å². The first kappa shape index (κ1) is 21.3. The third-order valence-electron chi connectivity index (χ3n) is 5.15. The Morgan fingerprint density at radius 1 is 1.00 bits per heavy atom. The van der Waals surface area contributed by atoms with Crippen LogP contribution >= 0.6 is 27.5 Å². The highest BCUT2D eigenvalue weighted by Crippen LogP contribution is 2.36. The topological polar surface area (TPSA) is 94.4 Å². The first-order chi connectivity index (χ1) is 15.9. The van der Waals surface area contributed by atoms with Crippen molar-refractivity contribution in [2.45, 2.75) is 12.8 Å². The monoisotopic (exact) mass is 524 g/mol. The quantitative estimate of drug-likeness (QED) is 0.358. The van der Waals surface area contributed by atoms with Gasteiger partial charge in [0.2, 0.25) is 0 Å². The number of benzene rings is 2. The zero-order chi connectivity index (χ0) is 23.1. The minimum atomic E-state index is -0.952. The van der Waals surface area contributed by atoms with Crippen molar-refractivity contribution in [3.8, 4) is 16.9 Å². The van der Waals surface area contributed by atoms with E-state index in [4.69, 9.17) is 21.5 Å². The number of hydrogen-bond acceptors (Lipinski definition) is 6. The molecular formula is C23H14BrClN4O4. The lowest BCUT2D eigenvalue weighted by atomic mass is 10.1. The van der Waals surface area contributed by atoms with Gasteiger partial charge in [0.25, 0.3) is 11.8 Å². The Morgan fingerprint density at radius 3 is 2.33 bits per heavy atom. The molecule has 33 heavy (non-hydrogen) atoms. The van der Waals surface area contributed by atoms with E-state index < -0.39 is 17.8 Å². The Bertz CT molecular complexity index is 1400. The molecule has 164 valence electrons. The van der Waals surface area contributed by atoms with Crippen molar-refractivity contribution >= 4 is 56.3 Å². The Balaban J connectivity index is 1.67. The lowest BCUT2D eigenvalue weighted by Gasteiger charge is -2.13. The molecule has 2 aromatic heterocycles. The first-order valence-electron chi connectivity index (χ1n) is 9.90. The third-order valence-corrected chi connectivity index (χ3v) is 6.07. The molecule has 10 heteroatoms. The molecule has 1 aliphatic rings. The number of nitrogens with zero attached hydrogens (tertiary/aromatic N) is 4. The van der Waals surface area contributed by atoms with E-state index in [1.807, 2.05) is 54.6 Å². The summed E-state index contributed by atoms with van der Waals surface area (Å²) in [5.74, 6) is -2.11. The molecule has 1 saturated heterocycles. The maximum absolute atomic E-state index is 12.8. The predicted octanol–water partition coefficient (Wildman–Crippen LogP) is 4.72. The van der Waals surface area contributed by atoms with E-state index in [2.05, 4.69) is 20.9 Å². The molecule has 0 aliphatic carbocycles. The molecule has 2 amide bonds. The standard InChI is InChI=1S/C23H14BrClN4O4/c24-14-8-6-13(7-9-14)21-19-20(25)16(23(32)33-29-17(30)10-11-18(29)31)12-26-22(19)28(27-21)15-4-2-1-3-5-15/h1-9,12H,10-11H2. The van der Waals surface area contributed by atoms with Crippen LogP contribution in [0, 0.1) is 0 Å². The molecule has 0 saturated carbocycles. The van der Waals surface area contributed by atoms with Crippen molar-refractivity contribution in [3.05, 3.63) is 75.9 Å². The van der Waals surface area contributed by atoms with E-state index in [9.17, 15) is 14.4 Å². The molecule has 3 heterocycles.